The molecule has 27 heavy (non-hydrogen) atoms. The van der Waals surface area contributed by atoms with Crippen molar-refractivity contribution in [2.45, 2.75) is 25.6 Å². The molecular formula is C20H23ClN5O+. The average Bonchev–Trinajstić information content (AvgIpc) is 3.16. The second kappa shape index (κ2) is 8.17. The number of nitrogens with one attached hydrogen (secondary N) is 1. The molecule has 0 saturated carbocycles. The van der Waals surface area contributed by atoms with Crippen LogP contribution in [0.25, 0.3) is 0 Å². The van der Waals surface area contributed by atoms with Crippen LogP contribution in [-0.4, -0.2) is 40.5 Å². The van der Waals surface area contributed by atoms with Crippen molar-refractivity contribution in [3.63, 3.8) is 0 Å². The summed E-state index contributed by atoms with van der Waals surface area (Å²) in [5.74, 6) is 0.865. The van der Waals surface area contributed by atoms with Crippen LogP contribution in [0.1, 0.15) is 28.6 Å². The normalized spacial score (nSPS) is 17.5. The van der Waals surface area contributed by atoms with E-state index in [2.05, 4.69) is 51.9 Å². The van der Waals surface area contributed by atoms with Crippen LogP contribution in [0.3, 0.4) is 0 Å². The third-order valence-corrected chi connectivity index (χ3v) is 5.44. The molecular weight excluding hydrogens is 362 g/mol. The standard InChI is InChI=1S/C20H22ClN5O/c1-27-13-12-26-20(22-23-24-26)19(16-6-8-18(21)9-7-16)25-11-10-15-4-2-3-5-17(15)14-25/h2-9,19H,10-14H2,1H3/p+1/t19-/m0/s1. The van der Waals surface area contributed by atoms with E-state index in [1.807, 2.05) is 16.8 Å². The van der Waals surface area contributed by atoms with Gasteiger partial charge in [0.1, 0.15) is 6.54 Å². The van der Waals surface area contributed by atoms with Crippen LogP contribution in [0.15, 0.2) is 48.5 Å². The van der Waals surface area contributed by atoms with Crippen molar-refractivity contribution < 1.29 is 9.64 Å². The van der Waals surface area contributed by atoms with Gasteiger partial charge < -0.3 is 9.64 Å². The van der Waals surface area contributed by atoms with Crippen molar-refractivity contribution in [2.75, 3.05) is 20.3 Å². The molecule has 2 atom stereocenters. The number of hydrogen-bond acceptors (Lipinski definition) is 4. The largest absolute Gasteiger partial charge is 0.383 e. The topological polar surface area (TPSA) is 57.3 Å². The Morgan fingerprint density at radius 2 is 1.93 bits per heavy atom. The average molecular weight is 385 g/mol. The number of fused-ring (bicyclic) bond motifs is 1. The molecule has 0 amide bonds. The molecule has 1 aromatic heterocycles. The van der Waals surface area contributed by atoms with Gasteiger partial charge in [-0.05, 0) is 28.1 Å². The zero-order chi connectivity index (χ0) is 18.6. The van der Waals surface area contributed by atoms with Gasteiger partial charge in [-0.25, -0.2) is 4.68 Å². The Bertz CT molecular complexity index is 895. The molecule has 0 aliphatic carbocycles. The summed E-state index contributed by atoms with van der Waals surface area (Å²) in [5, 5.41) is 13.3. The predicted molar refractivity (Wildman–Crippen MR) is 103 cm³/mol. The van der Waals surface area contributed by atoms with Gasteiger partial charge in [0.05, 0.1) is 19.7 Å². The highest BCUT2D eigenvalue weighted by Gasteiger charge is 2.33. The Hall–Kier alpha value is -2.28. The predicted octanol–water partition coefficient (Wildman–Crippen LogP) is 1.70. The molecule has 2 heterocycles. The number of methoxy groups -OCH3 is 1. The highest BCUT2D eigenvalue weighted by molar-refractivity contribution is 6.30. The number of quaternary nitrogens is 1. The first kappa shape index (κ1) is 18.1. The Morgan fingerprint density at radius 3 is 2.70 bits per heavy atom. The molecule has 0 bridgehead atoms. The van der Waals surface area contributed by atoms with E-state index >= 15 is 0 Å². The number of halogens is 1. The van der Waals surface area contributed by atoms with Gasteiger partial charge >= 0.3 is 0 Å². The monoisotopic (exact) mass is 384 g/mol. The fourth-order valence-electron chi connectivity index (χ4n) is 3.83. The fraction of sp³-hybridized carbons (Fsp3) is 0.350. The highest BCUT2D eigenvalue weighted by atomic mass is 35.5. The molecule has 140 valence electrons. The lowest BCUT2D eigenvalue weighted by Crippen LogP contribution is -3.12. The molecule has 0 radical (unpaired) electrons. The maximum atomic E-state index is 6.12. The molecule has 0 fully saturated rings. The second-order valence-electron chi connectivity index (χ2n) is 6.84. The number of tetrazole rings is 1. The third kappa shape index (κ3) is 3.88. The SMILES string of the molecule is COCCn1nnnc1[C@H](c1ccc(Cl)cc1)[NH+]1CCc2ccccc2C1. The van der Waals surface area contributed by atoms with Crippen LogP contribution in [0.5, 0.6) is 0 Å². The van der Waals surface area contributed by atoms with Gasteiger partial charge in [0, 0.05) is 29.7 Å². The van der Waals surface area contributed by atoms with Gasteiger partial charge in [-0.2, -0.15) is 0 Å². The van der Waals surface area contributed by atoms with E-state index in [1.54, 1.807) is 7.11 Å². The number of rotatable bonds is 6. The molecule has 3 aromatic rings. The summed E-state index contributed by atoms with van der Waals surface area (Å²) < 4.78 is 7.08. The minimum absolute atomic E-state index is 0.0440. The van der Waals surface area contributed by atoms with Crippen molar-refractivity contribution in [2.24, 2.45) is 0 Å². The van der Waals surface area contributed by atoms with Crippen molar-refractivity contribution >= 4 is 11.6 Å². The quantitative estimate of drug-likeness (QED) is 0.703. The van der Waals surface area contributed by atoms with Crippen LogP contribution >= 0.6 is 11.6 Å². The molecule has 4 rings (SSSR count). The summed E-state index contributed by atoms with van der Waals surface area (Å²) in [7, 11) is 1.69. The van der Waals surface area contributed by atoms with Crippen molar-refractivity contribution in [3.05, 3.63) is 76.1 Å². The molecule has 0 saturated heterocycles. The lowest BCUT2D eigenvalue weighted by atomic mass is 9.96. The van der Waals surface area contributed by atoms with E-state index in [1.165, 1.54) is 21.6 Å². The second-order valence-corrected chi connectivity index (χ2v) is 7.28. The Labute approximate surface area is 163 Å². The zero-order valence-corrected chi connectivity index (χ0v) is 16.1. The molecule has 6 nitrogen and oxygen atoms in total. The first-order valence-corrected chi connectivity index (χ1v) is 9.56. The summed E-state index contributed by atoms with van der Waals surface area (Å²) >= 11 is 6.12. The summed E-state index contributed by atoms with van der Waals surface area (Å²) in [6, 6.07) is 16.8. The first-order valence-electron chi connectivity index (χ1n) is 9.18. The zero-order valence-electron chi connectivity index (χ0n) is 15.3. The van der Waals surface area contributed by atoms with Crippen LogP contribution < -0.4 is 4.90 Å². The fourth-order valence-corrected chi connectivity index (χ4v) is 3.95. The number of hydrogen-bond donors (Lipinski definition) is 1. The van der Waals surface area contributed by atoms with E-state index in [4.69, 9.17) is 16.3 Å². The van der Waals surface area contributed by atoms with E-state index in [0.29, 0.717) is 13.2 Å². The van der Waals surface area contributed by atoms with Crippen molar-refractivity contribution in [1.82, 2.24) is 20.2 Å². The number of nitrogens with zero attached hydrogens (tertiary/aromatic N) is 4. The van der Waals surface area contributed by atoms with Crippen molar-refractivity contribution in [1.29, 1.82) is 0 Å². The Morgan fingerprint density at radius 1 is 1.15 bits per heavy atom. The maximum absolute atomic E-state index is 6.12. The van der Waals surface area contributed by atoms with E-state index < -0.39 is 0 Å². The van der Waals surface area contributed by atoms with E-state index in [0.717, 1.165) is 30.4 Å². The minimum Gasteiger partial charge on any atom is -0.383 e. The number of benzene rings is 2. The van der Waals surface area contributed by atoms with E-state index in [9.17, 15) is 0 Å². The van der Waals surface area contributed by atoms with Crippen LogP contribution in [0, 0.1) is 0 Å². The highest BCUT2D eigenvalue weighted by Crippen LogP contribution is 2.21. The minimum atomic E-state index is 0.0440. The first-order chi connectivity index (χ1) is 13.3. The molecule has 1 aliphatic heterocycles. The molecule has 1 N–H and O–H groups in total. The number of aromatic nitrogens is 4. The van der Waals surface area contributed by atoms with Gasteiger partial charge in [-0.1, -0.05) is 48.0 Å². The summed E-state index contributed by atoms with van der Waals surface area (Å²) in [4.78, 5) is 1.43. The van der Waals surface area contributed by atoms with Crippen LogP contribution in [0.2, 0.25) is 5.02 Å². The molecule has 1 unspecified atom stereocenters. The van der Waals surface area contributed by atoms with Crippen LogP contribution in [0.4, 0.5) is 0 Å². The summed E-state index contributed by atoms with van der Waals surface area (Å²) in [6.07, 6.45) is 1.05. The van der Waals surface area contributed by atoms with Crippen molar-refractivity contribution in [3.8, 4) is 0 Å². The van der Waals surface area contributed by atoms with Gasteiger partial charge in [0.15, 0.2) is 6.04 Å². The van der Waals surface area contributed by atoms with Gasteiger partial charge in [-0.15, -0.1) is 5.10 Å². The van der Waals surface area contributed by atoms with Gasteiger partial charge in [0.2, 0.25) is 5.82 Å². The lowest BCUT2D eigenvalue weighted by Gasteiger charge is -2.32. The molecule has 2 aromatic carbocycles. The van der Waals surface area contributed by atoms with Crippen LogP contribution in [-0.2, 0) is 24.2 Å². The van der Waals surface area contributed by atoms with Gasteiger partial charge in [0.25, 0.3) is 0 Å². The number of ether oxygens (including phenoxy) is 1. The lowest BCUT2D eigenvalue weighted by molar-refractivity contribution is -0.941. The van der Waals surface area contributed by atoms with E-state index in [-0.39, 0.29) is 6.04 Å². The third-order valence-electron chi connectivity index (χ3n) is 5.19. The molecule has 7 heteroatoms. The Balaban J connectivity index is 1.71. The van der Waals surface area contributed by atoms with Gasteiger partial charge in [-0.3, -0.25) is 0 Å². The smallest absolute Gasteiger partial charge is 0.214 e. The molecule has 0 spiro atoms. The summed E-state index contributed by atoms with van der Waals surface area (Å²) in [6.45, 7) is 3.18. The maximum Gasteiger partial charge on any atom is 0.214 e. The molecule has 1 aliphatic rings. The summed E-state index contributed by atoms with van der Waals surface area (Å²) in [5.41, 5.74) is 4.01. The Kier molecular flexibility index (Phi) is 5.48.